The third-order valence-electron chi connectivity index (χ3n) is 4.88. The molecule has 1 aromatic rings. The van der Waals surface area contributed by atoms with Crippen LogP contribution in [0.3, 0.4) is 0 Å². The van der Waals surface area contributed by atoms with E-state index in [2.05, 4.69) is 32.8 Å². The molecule has 0 aromatic carbocycles. The van der Waals surface area contributed by atoms with E-state index in [-0.39, 0.29) is 0 Å². The number of nitrogens with zero attached hydrogens (tertiary/aromatic N) is 4. The molecule has 23 heavy (non-hydrogen) atoms. The van der Waals surface area contributed by atoms with Crippen LogP contribution in [0.25, 0.3) is 0 Å². The zero-order valence-electron chi connectivity index (χ0n) is 14.4. The fourth-order valence-corrected chi connectivity index (χ4v) is 3.79. The van der Waals surface area contributed by atoms with Crippen LogP contribution >= 0.6 is 0 Å². The second-order valence-corrected chi connectivity index (χ2v) is 6.91. The molecule has 126 valence electrons. The van der Waals surface area contributed by atoms with Gasteiger partial charge in [-0.15, -0.1) is 0 Å². The first-order valence-corrected chi connectivity index (χ1v) is 9.03. The molecule has 1 atom stereocenters. The lowest BCUT2D eigenvalue weighted by Crippen LogP contribution is -2.41. The monoisotopic (exact) mass is 316 g/mol. The van der Waals surface area contributed by atoms with Gasteiger partial charge < -0.3 is 9.80 Å². The topological polar surface area (TPSA) is 49.3 Å². The standard InChI is InChI=1S/C18H28N4O/c1-3-6-16-11-17(20-14(2)19-16)21-9-4-7-15(12-21)13-22-10-5-8-18(22)23/h11,15H,3-10,12-13H2,1-2H3/t15-/m0/s1. The molecule has 2 saturated heterocycles. The fraction of sp³-hybridized carbons (Fsp3) is 0.722. The highest BCUT2D eigenvalue weighted by atomic mass is 16.2. The van der Waals surface area contributed by atoms with Gasteiger partial charge in [0.25, 0.3) is 0 Å². The number of hydrogen-bond donors (Lipinski definition) is 0. The summed E-state index contributed by atoms with van der Waals surface area (Å²) in [5, 5.41) is 0. The quantitative estimate of drug-likeness (QED) is 0.838. The number of anilines is 1. The number of rotatable bonds is 5. The van der Waals surface area contributed by atoms with Gasteiger partial charge in [0.15, 0.2) is 0 Å². The van der Waals surface area contributed by atoms with Crippen molar-refractivity contribution in [3.05, 3.63) is 17.6 Å². The summed E-state index contributed by atoms with van der Waals surface area (Å²) in [4.78, 5) is 25.5. The molecule has 5 heteroatoms. The molecule has 3 rings (SSSR count). The number of aromatic nitrogens is 2. The third-order valence-corrected chi connectivity index (χ3v) is 4.88. The highest BCUT2D eigenvalue weighted by Gasteiger charge is 2.27. The van der Waals surface area contributed by atoms with Gasteiger partial charge in [-0.25, -0.2) is 9.97 Å². The second-order valence-electron chi connectivity index (χ2n) is 6.91. The van der Waals surface area contributed by atoms with Gasteiger partial charge in [-0.3, -0.25) is 4.79 Å². The van der Waals surface area contributed by atoms with Crippen LogP contribution in [-0.2, 0) is 11.2 Å². The maximum Gasteiger partial charge on any atom is 0.222 e. The first kappa shape index (κ1) is 16.2. The average molecular weight is 316 g/mol. The van der Waals surface area contributed by atoms with E-state index in [1.165, 1.54) is 12.8 Å². The summed E-state index contributed by atoms with van der Waals surface area (Å²) in [7, 11) is 0. The Morgan fingerprint density at radius 3 is 2.87 bits per heavy atom. The van der Waals surface area contributed by atoms with Crippen LogP contribution < -0.4 is 4.90 Å². The molecular weight excluding hydrogens is 288 g/mol. The minimum absolute atomic E-state index is 0.338. The van der Waals surface area contributed by atoms with Gasteiger partial charge in [0, 0.05) is 44.4 Å². The molecule has 5 nitrogen and oxygen atoms in total. The number of hydrogen-bond acceptors (Lipinski definition) is 4. The lowest BCUT2D eigenvalue weighted by molar-refractivity contribution is -0.128. The number of carbonyl (C=O) groups excluding carboxylic acids is 1. The molecule has 0 spiro atoms. The van der Waals surface area contributed by atoms with Gasteiger partial charge in [0.05, 0.1) is 0 Å². The molecule has 0 N–H and O–H groups in total. The van der Waals surface area contributed by atoms with Crippen LogP contribution in [0.2, 0.25) is 0 Å². The van der Waals surface area contributed by atoms with Crippen LogP contribution in [0.1, 0.15) is 50.5 Å². The molecule has 0 saturated carbocycles. The number of piperidine rings is 1. The molecule has 1 aromatic heterocycles. The van der Waals surface area contributed by atoms with E-state index in [1.54, 1.807) is 0 Å². The summed E-state index contributed by atoms with van der Waals surface area (Å²) in [6, 6.07) is 2.15. The Kier molecular flexibility index (Phi) is 5.13. The lowest BCUT2D eigenvalue weighted by Gasteiger charge is -2.35. The lowest BCUT2D eigenvalue weighted by atomic mass is 9.97. The molecule has 2 aliphatic heterocycles. The first-order chi connectivity index (χ1) is 11.2. The molecule has 0 aliphatic carbocycles. The summed E-state index contributed by atoms with van der Waals surface area (Å²) < 4.78 is 0. The van der Waals surface area contributed by atoms with Crippen molar-refractivity contribution in [1.29, 1.82) is 0 Å². The van der Waals surface area contributed by atoms with Crippen LogP contribution in [0.4, 0.5) is 5.82 Å². The van der Waals surface area contributed by atoms with Crippen molar-refractivity contribution in [2.75, 3.05) is 31.1 Å². The van der Waals surface area contributed by atoms with Crippen molar-refractivity contribution >= 4 is 11.7 Å². The predicted molar refractivity (Wildman–Crippen MR) is 91.5 cm³/mol. The highest BCUT2D eigenvalue weighted by Crippen LogP contribution is 2.24. The number of aryl methyl sites for hydroxylation is 2. The van der Waals surface area contributed by atoms with Crippen LogP contribution in [-0.4, -0.2) is 47.0 Å². The molecule has 2 aliphatic rings. The van der Waals surface area contributed by atoms with Crippen molar-refractivity contribution in [2.45, 2.75) is 52.4 Å². The van der Waals surface area contributed by atoms with Gasteiger partial charge in [-0.2, -0.15) is 0 Å². The minimum Gasteiger partial charge on any atom is -0.356 e. The zero-order chi connectivity index (χ0) is 16.2. The normalized spacial score (nSPS) is 22.0. The van der Waals surface area contributed by atoms with Gasteiger partial charge >= 0.3 is 0 Å². The zero-order valence-corrected chi connectivity index (χ0v) is 14.4. The predicted octanol–water partition coefficient (Wildman–Crippen LogP) is 2.58. The summed E-state index contributed by atoms with van der Waals surface area (Å²) in [5.74, 6) is 2.84. The molecule has 0 bridgehead atoms. The largest absolute Gasteiger partial charge is 0.356 e. The molecule has 0 unspecified atom stereocenters. The fourth-order valence-electron chi connectivity index (χ4n) is 3.79. The molecule has 0 radical (unpaired) electrons. The second kappa shape index (κ2) is 7.28. The molecule has 2 fully saturated rings. The number of amides is 1. The van der Waals surface area contributed by atoms with Crippen LogP contribution in [0, 0.1) is 12.8 Å². The third kappa shape index (κ3) is 4.01. The van der Waals surface area contributed by atoms with E-state index in [9.17, 15) is 4.79 Å². The van der Waals surface area contributed by atoms with E-state index >= 15 is 0 Å². The van der Waals surface area contributed by atoms with E-state index in [0.29, 0.717) is 11.8 Å². The van der Waals surface area contributed by atoms with Crippen molar-refractivity contribution in [1.82, 2.24) is 14.9 Å². The molecule has 3 heterocycles. The SMILES string of the molecule is CCCc1cc(N2CCC[C@H](CN3CCCC3=O)C2)nc(C)n1. The minimum atomic E-state index is 0.338. The summed E-state index contributed by atoms with van der Waals surface area (Å²) in [6.07, 6.45) is 6.28. The van der Waals surface area contributed by atoms with Gasteiger partial charge in [-0.05, 0) is 38.5 Å². The van der Waals surface area contributed by atoms with Crippen molar-refractivity contribution in [2.24, 2.45) is 5.92 Å². The summed E-state index contributed by atoms with van der Waals surface area (Å²) in [6.45, 7) is 8.09. The summed E-state index contributed by atoms with van der Waals surface area (Å²) in [5.41, 5.74) is 1.15. The number of carbonyl (C=O) groups is 1. The van der Waals surface area contributed by atoms with Crippen molar-refractivity contribution in [3.8, 4) is 0 Å². The summed E-state index contributed by atoms with van der Waals surface area (Å²) >= 11 is 0. The number of likely N-dealkylation sites (tertiary alicyclic amines) is 1. The van der Waals surface area contributed by atoms with E-state index < -0.39 is 0 Å². The van der Waals surface area contributed by atoms with Crippen LogP contribution in [0.15, 0.2) is 6.07 Å². The van der Waals surface area contributed by atoms with Gasteiger partial charge in [-0.1, -0.05) is 13.3 Å². The highest BCUT2D eigenvalue weighted by molar-refractivity contribution is 5.78. The van der Waals surface area contributed by atoms with Crippen molar-refractivity contribution < 1.29 is 4.79 Å². The Balaban J connectivity index is 1.67. The Labute approximate surface area is 139 Å². The average Bonchev–Trinajstić information content (AvgIpc) is 2.92. The molecule has 1 amide bonds. The Morgan fingerprint density at radius 1 is 1.26 bits per heavy atom. The Morgan fingerprint density at radius 2 is 2.13 bits per heavy atom. The Bertz CT molecular complexity index is 560. The smallest absolute Gasteiger partial charge is 0.222 e. The maximum absolute atomic E-state index is 11.9. The Hall–Kier alpha value is -1.65. The van der Waals surface area contributed by atoms with Crippen LogP contribution in [0.5, 0.6) is 0 Å². The van der Waals surface area contributed by atoms with Crippen molar-refractivity contribution in [3.63, 3.8) is 0 Å². The maximum atomic E-state index is 11.9. The molecular formula is C18H28N4O. The van der Waals surface area contributed by atoms with E-state index in [4.69, 9.17) is 0 Å². The van der Waals surface area contributed by atoms with E-state index in [1.807, 2.05) is 6.92 Å². The van der Waals surface area contributed by atoms with Gasteiger partial charge in [0.1, 0.15) is 11.6 Å². The first-order valence-electron chi connectivity index (χ1n) is 9.03. The van der Waals surface area contributed by atoms with Gasteiger partial charge in [0.2, 0.25) is 5.91 Å². The van der Waals surface area contributed by atoms with E-state index in [0.717, 1.165) is 69.2 Å².